The van der Waals surface area contributed by atoms with Crippen molar-refractivity contribution in [3.8, 4) is 0 Å². The minimum absolute atomic E-state index is 0.143. The number of hydrogen-bond acceptors (Lipinski definition) is 4. The van der Waals surface area contributed by atoms with Crippen LogP contribution in [0.2, 0.25) is 0 Å². The van der Waals surface area contributed by atoms with Crippen LogP contribution in [-0.4, -0.2) is 41.3 Å². The van der Waals surface area contributed by atoms with Gasteiger partial charge in [0.05, 0.1) is 6.61 Å². The van der Waals surface area contributed by atoms with E-state index in [2.05, 4.69) is 10.2 Å². The Morgan fingerprint density at radius 1 is 1.40 bits per heavy atom. The topological polar surface area (TPSA) is 84.2 Å². The summed E-state index contributed by atoms with van der Waals surface area (Å²) in [6.45, 7) is 1.49. The predicted molar refractivity (Wildman–Crippen MR) is 76.1 cm³/mol. The number of aromatic nitrogens is 2. The van der Waals surface area contributed by atoms with Crippen LogP contribution < -0.4 is 5.73 Å². The molecule has 2 rings (SSSR count). The molecule has 6 nitrogen and oxygen atoms in total. The summed E-state index contributed by atoms with van der Waals surface area (Å²) >= 11 is 0. The molecular formula is C14H18N4O2. The molecule has 0 aliphatic rings. The number of hydrogen-bond donors (Lipinski definition) is 2. The number of benzene rings is 1. The van der Waals surface area contributed by atoms with E-state index >= 15 is 0 Å². The highest BCUT2D eigenvalue weighted by Gasteiger charge is 2.17. The van der Waals surface area contributed by atoms with Gasteiger partial charge >= 0.3 is 0 Å². The van der Waals surface area contributed by atoms with Crippen molar-refractivity contribution >= 4 is 11.7 Å². The number of rotatable bonds is 6. The van der Waals surface area contributed by atoms with Gasteiger partial charge in [0.25, 0.3) is 5.91 Å². The minimum atomic E-state index is -0.143. The molecule has 0 spiro atoms. The van der Waals surface area contributed by atoms with Crippen LogP contribution in [-0.2, 0) is 11.3 Å². The molecule has 0 saturated heterocycles. The van der Waals surface area contributed by atoms with Gasteiger partial charge in [-0.1, -0.05) is 30.3 Å². The van der Waals surface area contributed by atoms with Crippen LogP contribution in [0.4, 0.5) is 5.82 Å². The summed E-state index contributed by atoms with van der Waals surface area (Å²) in [6, 6.07) is 11.3. The SMILES string of the molecule is COCCN(Cc1ccccc1)C(=O)c1cc(N)n[nH]1. The van der Waals surface area contributed by atoms with Crippen LogP contribution in [0, 0.1) is 0 Å². The van der Waals surface area contributed by atoms with Crippen LogP contribution in [0.3, 0.4) is 0 Å². The first kappa shape index (κ1) is 14.1. The Hall–Kier alpha value is -2.34. The number of carbonyl (C=O) groups is 1. The number of aromatic amines is 1. The number of methoxy groups -OCH3 is 1. The van der Waals surface area contributed by atoms with E-state index in [9.17, 15) is 4.79 Å². The van der Waals surface area contributed by atoms with Crippen molar-refractivity contribution in [2.24, 2.45) is 0 Å². The van der Waals surface area contributed by atoms with E-state index < -0.39 is 0 Å². The standard InChI is InChI=1S/C14H18N4O2/c1-20-8-7-18(10-11-5-3-2-4-6-11)14(19)12-9-13(15)17-16-12/h2-6,9H,7-8,10H2,1H3,(H3,15,16,17). The maximum absolute atomic E-state index is 12.4. The van der Waals surface area contributed by atoms with Crippen molar-refractivity contribution in [2.75, 3.05) is 26.0 Å². The van der Waals surface area contributed by atoms with Crippen LogP contribution in [0.25, 0.3) is 0 Å². The monoisotopic (exact) mass is 274 g/mol. The zero-order chi connectivity index (χ0) is 14.4. The molecule has 1 heterocycles. The van der Waals surface area contributed by atoms with Gasteiger partial charge in [-0.15, -0.1) is 0 Å². The first-order chi connectivity index (χ1) is 9.70. The van der Waals surface area contributed by atoms with Gasteiger partial charge in [-0.3, -0.25) is 9.89 Å². The highest BCUT2D eigenvalue weighted by Crippen LogP contribution is 2.10. The van der Waals surface area contributed by atoms with E-state index in [1.54, 1.807) is 12.0 Å². The molecule has 0 unspecified atom stereocenters. The third kappa shape index (κ3) is 3.58. The van der Waals surface area contributed by atoms with Gasteiger partial charge in [-0.2, -0.15) is 5.10 Å². The van der Waals surface area contributed by atoms with Crippen LogP contribution in [0.15, 0.2) is 36.4 Å². The first-order valence-electron chi connectivity index (χ1n) is 6.33. The molecule has 1 aromatic heterocycles. The number of ether oxygens (including phenoxy) is 1. The van der Waals surface area contributed by atoms with Crippen molar-refractivity contribution in [1.29, 1.82) is 0 Å². The Kier molecular flexibility index (Phi) is 4.73. The second kappa shape index (κ2) is 6.72. The van der Waals surface area contributed by atoms with Crippen molar-refractivity contribution in [1.82, 2.24) is 15.1 Å². The normalized spacial score (nSPS) is 10.4. The molecule has 2 aromatic rings. The van der Waals surface area contributed by atoms with Crippen LogP contribution >= 0.6 is 0 Å². The third-order valence-electron chi connectivity index (χ3n) is 2.90. The summed E-state index contributed by atoms with van der Waals surface area (Å²) < 4.78 is 5.06. The Bertz CT molecular complexity index is 553. The zero-order valence-electron chi connectivity index (χ0n) is 11.4. The number of carbonyl (C=O) groups excluding carboxylic acids is 1. The fourth-order valence-corrected chi connectivity index (χ4v) is 1.87. The summed E-state index contributed by atoms with van der Waals surface area (Å²) in [7, 11) is 1.61. The lowest BCUT2D eigenvalue weighted by molar-refractivity contribution is 0.0674. The molecule has 0 aliphatic heterocycles. The van der Waals surface area contributed by atoms with Crippen molar-refractivity contribution in [3.63, 3.8) is 0 Å². The summed E-state index contributed by atoms with van der Waals surface area (Å²) in [4.78, 5) is 14.1. The van der Waals surface area contributed by atoms with E-state index in [0.717, 1.165) is 5.56 Å². The number of H-pyrrole nitrogens is 1. The fourth-order valence-electron chi connectivity index (χ4n) is 1.87. The lowest BCUT2D eigenvalue weighted by atomic mass is 10.2. The maximum atomic E-state index is 12.4. The molecule has 0 aliphatic carbocycles. The molecular weight excluding hydrogens is 256 g/mol. The number of nitrogens with one attached hydrogen (secondary N) is 1. The number of nitrogen functional groups attached to an aromatic ring is 1. The van der Waals surface area contributed by atoms with E-state index in [-0.39, 0.29) is 5.91 Å². The lowest BCUT2D eigenvalue weighted by Crippen LogP contribution is -2.33. The van der Waals surface area contributed by atoms with Crippen molar-refractivity contribution in [2.45, 2.75) is 6.54 Å². The van der Waals surface area contributed by atoms with E-state index in [1.165, 1.54) is 6.07 Å². The fraction of sp³-hybridized carbons (Fsp3) is 0.286. The van der Waals surface area contributed by atoms with Gasteiger partial charge < -0.3 is 15.4 Å². The molecule has 0 atom stereocenters. The Balaban J connectivity index is 2.12. The first-order valence-corrected chi connectivity index (χ1v) is 6.33. The Morgan fingerprint density at radius 3 is 2.75 bits per heavy atom. The molecule has 106 valence electrons. The molecule has 1 aromatic carbocycles. The molecule has 3 N–H and O–H groups in total. The van der Waals surface area contributed by atoms with Crippen molar-refractivity contribution in [3.05, 3.63) is 47.7 Å². The van der Waals surface area contributed by atoms with Gasteiger partial charge in [0.2, 0.25) is 0 Å². The van der Waals surface area contributed by atoms with Gasteiger partial charge in [0, 0.05) is 26.3 Å². The average Bonchev–Trinajstić information content (AvgIpc) is 2.90. The third-order valence-corrected chi connectivity index (χ3v) is 2.90. The second-order valence-electron chi connectivity index (χ2n) is 4.41. The number of nitrogens with two attached hydrogens (primary N) is 1. The molecule has 0 radical (unpaired) electrons. The number of anilines is 1. The summed E-state index contributed by atoms with van der Waals surface area (Å²) in [5, 5.41) is 6.42. The van der Waals surface area contributed by atoms with Gasteiger partial charge in [0.15, 0.2) is 0 Å². The van der Waals surface area contributed by atoms with Gasteiger partial charge in [0.1, 0.15) is 11.5 Å². The molecule has 0 fully saturated rings. The minimum Gasteiger partial charge on any atom is -0.383 e. The molecule has 0 bridgehead atoms. The largest absolute Gasteiger partial charge is 0.383 e. The summed E-state index contributed by atoms with van der Waals surface area (Å²) in [6.07, 6.45) is 0. The lowest BCUT2D eigenvalue weighted by Gasteiger charge is -2.21. The second-order valence-corrected chi connectivity index (χ2v) is 4.41. The number of amides is 1. The van der Waals surface area contributed by atoms with Crippen LogP contribution in [0.1, 0.15) is 16.1 Å². The van der Waals surface area contributed by atoms with E-state index in [4.69, 9.17) is 10.5 Å². The average molecular weight is 274 g/mol. The Morgan fingerprint density at radius 2 is 2.15 bits per heavy atom. The van der Waals surface area contributed by atoms with E-state index in [1.807, 2.05) is 30.3 Å². The smallest absolute Gasteiger partial charge is 0.272 e. The molecule has 20 heavy (non-hydrogen) atoms. The maximum Gasteiger partial charge on any atom is 0.272 e. The summed E-state index contributed by atoms with van der Waals surface area (Å²) in [5.74, 6) is 0.162. The summed E-state index contributed by atoms with van der Waals surface area (Å²) in [5.41, 5.74) is 6.97. The van der Waals surface area contributed by atoms with Crippen LogP contribution in [0.5, 0.6) is 0 Å². The van der Waals surface area contributed by atoms with Gasteiger partial charge in [-0.05, 0) is 5.56 Å². The highest BCUT2D eigenvalue weighted by atomic mass is 16.5. The van der Waals surface area contributed by atoms with Gasteiger partial charge in [-0.25, -0.2) is 0 Å². The van der Waals surface area contributed by atoms with Crippen molar-refractivity contribution < 1.29 is 9.53 Å². The molecule has 0 saturated carbocycles. The highest BCUT2D eigenvalue weighted by molar-refractivity contribution is 5.92. The zero-order valence-corrected chi connectivity index (χ0v) is 11.4. The molecule has 1 amide bonds. The predicted octanol–water partition coefficient (Wildman–Crippen LogP) is 1.28. The Labute approximate surface area is 117 Å². The molecule has 6 heteroatoms. The van der Waals surface area contributed by atoms with E-state index in [0.29, 0.717) is 31.2 Å². The number of nitrogens with zero attached hydrogens (tertiary/aromatic N) is 2. The quantitative estimate of drug-likeness (QED) is 0.831.